The van der Waals surface area contributed by atoms with Crippen LogP contribution in [0.5, 0.6) is 0 Å². The molecule has 0 aromatic heterocycles. The summed E-state index contributed by atoms with van der Waals surface area (Å²) in [5.41, 5.74) is -2.26. The zero-order chi connectivity index (χ0) is 13.4. The first-order chi connectivity index (χ1) is 7.56. The maximum atomic E-state index is 13.3. The highest BCUT2D eigenvalue weighted by atomic mass is 19.1. The molecule has 1 heterocycles. The van der Waals surface area contributed by atoms with Gasteiger partial charge in [-0.2, -0.15) is 0 Å². The lowest BCUT2D eigenvalue weighted by molar-refractivity contribution is -0.148. The van der Waals surface area contributed by atoms with E-state index in [-0.39, 0.29) is 13.0 Å². The van der Waals surface area contributed by atoms with E-state index in [1.165, 1.54) is 6.92 Å². The molecule has 1 aliphatic heterocycles. The molecule has 1 fully saturated rings. The second kappa shape index (κ2) is 4.16. The van der Waals surface area contributed by atoms with Crippen LogP contribution in [0.1, 0.15) is 34.1 Å². The molecular weight excluding hydrogens is 229 g/mol. The minimum Gasteiger partial charge on any atom is -0.480 e. The molecule has 2 atom stereocenters. The zero-order valence-corrected chi connectivity index (χ0v) is 10.5. The van der Waals surface area contributed by atoms with Crippen LogP contribution in [0.3, 0.4) is 0 Å². The summed E-state index contributed by atoms with van der Waals surface area (Å²) >= 11 is 0. The van der Waals surface area contributed by atoms with Gasteiger partial charge in [-0.25, -0.2) is 14.0 Å². The van der Waals surface area contributed by atoms with Crippen molar-refractivity contribution in [1.29, 1.82) is 0 Å². The van der Waals surface area contributed by atoms with Gasteiger partial charge in [0, 0.05) is 6.42 Å². The Balaban J connectivity index is 2.88. The number of halogens is 1. The number of carbonyl (C=O) groups excluding carboxylic acids is 1. The van der Waals surface area contributed by atoms with E-state index in [2.05, 4.69) is 0 Å². The van der Waals surface area contributed by atoms with E-state index in [0.717, 1.165) is 4.90 Å². The third-order valence-corrected chi connectivity index (χ3v) is 2.67. The van der Waals surface area contributed by atoms with Crippen molar-refractivity contribution in [3.05, 3.63) is 0 Å². The number of nitrogens with zero attached hydrogens (tertiary/aromatic N) is 1. The molecule has 1 saturated heterocycles. The number of amides is 1. The van der Waals surface area contributed by atoms with Crippen LogP contribution in [0.25, 0.3) is 0 Å². The summed E-state index contributed by atoms with van der Waals surface area (Å²) in [5.74, 6) is -1.22. The number of carboxylic acids is 1. The molecule has 0 aliphatic carbocycles. The molecule has 0 aromatic carbocycles. The topological polar surface area (TPSA) is 66.8 Å². The summed E-state index contributed by atoms with van der Waals surface area (Å²) in [4.78, 5) is 23.9. The number of ether oxygens (including phenoxy) is 1. The molecule has 0 saturated carbocycles. The molecule has 1 N–H and O–H groups in total. The molecule has 1 aliphatic rings. The van der Waals surface area contributed by atoms with Crippen molar-refractivity contribution in [2.45, 2.75) is 51.4 Å². The highest BCUT2D eigenvalue weighted by Crippen LogP contribution is 2.32. The van der Waals surface area contributed by atoms with E-state index in [0.29, 0.717) is 0 Å². The maximum Gasteiger partial charge on any atom is 0.411 e. The third kappa shape index (κ3) is 2.87. The molecule has 1 unspecified atom stereocenters. The van der Waals surface area contributed by atoms with Crippen LogP contribution in [0.2, 0.25) is 0 Å². The molecule has 98 valence electrons. The summed E-state index contributed by atoms with van der Waals surface area (Å²) in [6, 6.07) is 0. The zero-order valence-electron chi connectivity index (χ0n) is 10.5. The maximum absolute atomic E-state index is 13.3. The average Bonchev–Trinajstić information content (AvgIpc) is 2.40. The van der Waals surface area contributed by atoms with E-state index in [1.54, 1.807) is 20.8 Å². The molecular formula is C11H18FNO4. The first kappa shape index (κ1) is 13.7. The van der Waals surface area contributed by atoms with Gasteiger partial charge in [0.25, 0.3) is 0 Å². The number of carboxylic acid groups (broad SMARTS) is 1. The van der Waals surface area contributed by atoms with Crippen LogP contribution in [-0.4, -0.2) is 45.9 Å². The predicted molar refractivity (Wildman–Crippen MR) is 58.5 cm³/mol. The van der Waals surface area contributed by atoms with Crippen LogP contribution >= 0.6 is 0 Å². The molecule has 6 heteroatoms. The van der Waals surface area contributed by atoms with Gasteiger partial charge in [-0.15, -0.1) is 0 Å². The summed E-state index contributed by atoms with van der Waals surface area (Å²) in [5, 5.41) is 9.09. The van der Waals surface area contributed by atoms with Gasteiger partial charge < -0.3 is 9.84 Å². The number of rotatable bonds is 1. The Kier molecular flexibility index (Phi) is 3.36. The van der Waals surface area contributed by atoms with Crippen LogP contribution in [-0.2, 0) is 9.53 Å². The molecule has 0 bridgehead atoms. The van der Waals surface area contributed by atoms with Gasteiger partial charge in [0.2, 0.25) is 0 Å². The second-order valence-electron chi connectivity index (χ2n) is 5.47. The molecule has 1 rings (SSSR count). The lowest BCUT2D eigenvalue weighted by Crippen LogP contribution is -2.52. The Morgan fingerprint density at radius 1 is 1.47 bits per heavy atom. The van der Waals surface area contributed by atoms with Crippen molar-refractivity contribution >= 4 is 12.1 Å². The van der Waals surface area contributed by atoms with Crippen molar-refractivity contribution in [2.75, 3.05) is 6.54 Å². The first-order valence-corrected chi connectivity index (χ1v) is 5.44. The van der Waals surface area contributed by atoms with Crippen molar-refractivity contribution in [2.24, 2.45) is 0 Å². The highest BCUT2D eigenvalue weighted by Gasteiger charge is 2.51. The van der Waals surface area contributed by atoms with E-state index < -0.39 is 29.4 Å². The third-order valence-electron chi connectivity index (χ3n) is 2.67. The van der Waals surface area contributed by atoms with Gasteiger partial charge in [0.15, 0.2) is 0 Å². The van der Waals surface area contributed by atoms with Gasteiger partial charge in [0.05, 0.1) is 6.54 Å². The van der Waals surface area contributed by atoms with Gasteiger partial charge >= 0.3 is 12.1 Å². The lowest BCUT2D eigenvalue weighted by Gasteiger charge is -2.32. The molecule has 5 nitrogen and oxygen atoms in total. The van der Waals surface area contributed by atoms with Gasteiger partial charge in [-0.05, 0) is 27.7 Å². The van der Waals surface area contributed by atoms with E-state index in [9.17, 15) is 14.0 Å². The minimum atomic E-state index is -1.53. The van der Waals surface area contributed by atoms with E-state index in [4.69, 9.17) is 9.84 Å². The fraction of sp³-hybridized carbons (Fsp3) is 0.818. The van der Waals surface area contributed by atoms with Crippen molar-refractivity contribution < 1.29 is 23.8 Å². The van der Waals surface area contributed by atoms with Crippen LogP contribution in [0.4, 0.5) is 9.18 Å². The molecule has 0 spiro atoms. The summed E-state index contributed by atoms with van der Waals surface area (Å²) in [6.45, 7) is 6.11. The van der Waals surface area contributed by atoms with Crippen molar-refractivity contribution in [3.8, 4) is 0 Å². The summed E-state index contributed by atoms with van der Waals surface area (Å²) in [7, 11) is 0. The number of hydrogen-bond acceptors (Lipinski definition) is 3. The largest absolute Gasteiger partial charge is 0.480 e. The Hall–Kier alpha value is -1.33. The van der Waals surface area contributed by atoms with Gasteiger partial charge in [-0.3, -0.25) is 4.90 Å². The summed E-state index contributed by atoms with van der Waals surface area (Å²) in [6.07, 6.45) is -2.33. The van der Waals surface area contributed by atoms with Crippen molar-refractivity contribution in [3.63, 3.8) is 0 Å². The van der Waals surface area contributed by atoms with Crippen molar-refractivity contribution in [1.82, 2.24) is 4.90 Å². The lowest BCUT2D eigenvalue weighted by atomic mass is 9.99. The Bertz CT molecular complexity index is 339. The molecule has 17 heavy (non-hydrogen) atoms. The second-order valence-corrected chi connectivity index (χ2v) is 5.47. The first-order valence-electron chi connectivity index (χ1n) is 5.44. The monoisotopic (exact) mass is 247 g/mol. The molecule has 0 aromatic rings. The SMILES string of the molecule is CC(C)(C)OC(=O)N1CC(F)C[C@@]1(C)C(=O)O. The Labute approximate surface area is 99.5 Å². The quantitative estimate of drug-likeness (QED) is 0.767. The normalized spacial score (nSPS) is 29.2. The van der Waals surface area contributed by atoms with Gasteiger partial charge in [-0.1, -0.05) is 0 Å². The van der Waals surface area contributed by atoms with E-state index in [1.807, 2.05) is 0 Å². The molecule has 1 amide bonds. The minimum absolute atomic E-state index is 0.207. The fourth-order valence-corrected chi connectivity index (χ4v) is 1.80. The Morgan fingerprint density at radius 2 is 2.00 bits per heavy atom. The Morgan fingerprint density at radius 3 is 2.41 bits per heavy atom. The van der Waals surface area contributed by atoms with Crippen LogP contribution in [0.15, 0.2) is 0 Å². The standard InChI is InChI=1S/C11H18FNO4/c1-10(2,3)17-9(16)13-6-7(12)5-11(13,4)8(14)15/h7H,5-6H2,1-4H3,(H,14,15)/t7?,11-/m0/s1. The van der Waals surface area contributed by atoms with Crippen LogP contribution < -0.4 is 0 Å². The highest BCUT2D eigenvalue weighted by molar-refractivity contribution is 5.85. The predicted octanol–water partition coefficient (Wildman–Crippen LogP) is 1.81. The fourth-order valence-electron chi connectivity index (χ4n) is 1.80. The van der Waals surface area contributed by atoms with E-state index >= 15 is 0 Å². The summed E-state index contributed by atoms with van der Waals surface area (Å²) < 4.78 is 18.4. The van der Waals surface area contributed by atoms with Crippen LogP contribution in [0, 0.1) is 0 Å². The molecule has 0 radical (unpaired) electrons. The number of aliphatic carboxylic acids is 1. The number of alkyl halides is 1. The number of likely N-dealkylation sites (tertiary alicyclic amines) is 1. The number of hydrogen-bond donors (Lipinski definition) is 1. The average molecular weight is 247 g/mol. The number of carbonyl (C=O) groups is 2. The van der Waals surface area contributed by atoms with Gasteiger partial charge in [0.1, 0.15) is 17.3 Å². The smallest absolute Gasteiger partial charge is 0.411 e.